The maximum Gasteiger partial charge on any atom is 0.255 e. The molecule has 1 saturated carbocycles. The number of hydrogen-bond acceptors (Lipinski definition) is 4. The number of rotatable bonds is 8. The fourth-order valence-electron chi connectivity index (χ4n) is 4.46. The zero-order valence-corrected chi connectivity index (χ0v) is 21.4. The van der Waals surface area contributed by atoms with E-state index in [2.05, 4.69) is 10.6 Å². The predicted molar refractivity (Wildman–Crippen MR) is 143 cm³/mol. The third-order valence-corrected chi connectivity index (χ3v) is 7.59. The quantitative estimate of drug-likeness (QED) is 0.429. The summed E-state index contributed by atoms with van der Waals surface area (Å²) in [6.45, 7) is -0.180. The van der Waals surface area contributed by atoms with Crippen molar-refractivity contribution in [3.05, 3.63) is 95.3 Å². The van der Waals surface area contributed by atoms with Crippen molar-refractivity contribution in [2.45, 2.75) is 44.7 Å². The average molecular weight is 524 g/mol. The van der Waals surface area contributed by atoms with Gasteiger partial charge >= 0.3 is 0 Å². The number of nitrogens with zero attached hydrogens (tertiary/aromatic N) is 1. The zero-order chi connectivity index (χ0) is 26.4. The molecular weight excluding hydrogens is 493 g/mol. The number of amides is 2. The Morgan fingerprint density at radius 1 is 0.892 bits per heavy atom. The predicted octanol–water partition coefficient (Wildman–Crippen LogP) is 5.11. The SMILES string of the molecule is CS(=O)(=O)N(Cc1ccccc1F)c1ccc(C(=O)Nc2ccccc2C(=O)NC2CCCCC2)cc1. The van der Waals surface area contributed by atoms with Gasteiger partial charge in [-0.25, -0.2) is 12.8 Å². The van der Waals surface area contributed by atoms with Crippen LogP contribution in [0.4, 0.5) is 15.8 Å². The van der Waals surface area contributed by atoms with E-state index < -0.39 is 21.7 Å². The molecule has 1 aliphatic carbocycles. The Labute approximate surface area is 216 Å². The van der Waals surface area contributed by atoms with Gasteiger partial charge in [-0.3, -0.25) is 13.9 Å². The third-order valence-electron chi connectivity index (χ3n) is 6.45. The summed E-state index contributed by atoms with van der Waals surface area (Å²) in [6, 6.07) is 18.9. The number of nitrogens with one attached hydrogen (secondary N) is 2. The van der Waals surface area contributed by atoms with Gasteiger partial charge in [0.1, 0.15) is 5.82 Å². The molecule has 7 nitrogen and oxygen atoms in total. The first-order valence-corrected chi connectivity index (χ1v) is 14.1. The van der Waals surface area contributed by atoms with E-state index in [1.54, 1.807) is 30.3 Å². The summed E-state index contributed by atoms with van der Waals surface area (Å²) in [5, 5.41) is 5.86. The van der Waals surface area contributed by atoms with Crippen LogP contribution in [0.15, 0.2) is 72.8 Å². The first-order chi connectivity index (χ1) is 17.7. The van der Waals surface area contributed by atoms with Crippen molar-refractivity contribution in [2.75, 3.05) is 15.9 Å². The van der Waals surface area contributed by atoms with Gasteiger partial charge in [-0.15, -0.1) is 0 Å². The van der Waals surface area contributed by atoms with Gasteiger partial charge in [-0.2, -0.15) is 0 Å². The summed E-state index contributed by atoms with van der Waals surface area (Å²) >= 11 is 0. The van der Waals surface area contributed by atoms with Crippen molar-refractivity contribution in [1.29, 1.82) is 0 Å². The van der Waals surface area contributed by atoms with E-state index in [1.165, 1.54) is 48.9 Å². The normalized spacial score (nSPS) is 14.1. The van der Waals surface area contributed by atoms with E-state index in [0.717, 1.165) is 36.2 Å². The lowest BCUT2D eigenvalue weighted by molar-refractivity contribution is 0.0928. The molecule has 0 saturated heterocycles. The lowest BCUT2D eigenvalue weighted by Crippen LogP contribution is -2.36. The van der Waals surface area contributed by atoms with E-state index in [0.29, 0.717) is 16.9 Å². The number of carbonyl (C=O) groups excluding carboxylic acids is 2. The fraction of sp³-hybridized carbons (Fsp3) is 0.286. The Balaban J connectivity index is 1.49. The van der Waals surface area contributed by atoms with Crippen LogP contribution in [0.5, 0.6) is 0 Å². The van der Waals surface area contributed by atoms with E-state index in [-0.39, 0.29) is 29.6 Å². The Morgan fingerprint density at radius 3 is 2.22 bits per heavy atom. The van der Waals surface area contributed by atoms with Crippen LogP contribution in [0.1, 0.15) is 58.4 Å². The summed E-state index contributed by atoms with van der Waals surface area (Å²) in [5.74, 6) is -1.17. The van der Waals surface area contributed by atoms with Crippen LogP contribution in [-0.4, -0.2) is 32.5 Å². The molecule has 4 rings (SSSR count). The summed E-state index contributed by atoms with van der Waals surface area (Å²) < 4.78 is 40.1. The van der Waals surface area contributed by atoms with E-state index in [9.17, 15) is 22.4 Å². The molecule has 2 N–H and O–H groups in total. The molecule has 0 bridgehead atoms. The van der Waals surface area contributed by atoms with Crippen molar-refractivity contribution in [3.8, 4) is 0 Å². The van der Waals surface area contributed by atoms with Crippen LogP contribution in [0.2, 0.25) is 0 Å². The van der Waals surface area contributed by atoms with Crippen LogP contribution >= 0.6 is 0 Å². The second-order valence-electron chi connectivity index (χ2n) is 9.22. The first-order valence-electron chi connectivity index (χ1n) is 12.2. The summed E-state index contributed by atoms with van der Waals surface area (Å²) in [5.41, 5.74) is 1.59. The number of carbonyl (C=O) groups is 2. The highest BCUT2D eigenvalue weighted by atomic mass is 32.2. The number of anilines is 2. The highest BCUT2D eigenvalue weighted by Gasteiger charge is 2.21. The fourth-order valence-corrected chi connectivity index (χ4v) is 5.33. The standard InChI is InChI=1S/C28H30FN3O4S/c1-37(35,36)32(19-21-9-5-7-13-25(21)29)23-17-15-20(16-18-23)27(33)31-26-14-8-6-12-24(26)28(34)30-22-10-3-2-4-11-22/h5-9,12-18,22H,2-4,10-11,19H2,1H3,(H,30,34)(H,31,33). The molecule has 37 heavy (non-hydrogen) atoms. The van der Waals surface area contributed by atoms with Gasteiger partial charge in [-0.1, -0.05) is 49.6 Å². The van der Waals surface area contributed by atoms with Gasteiger partial charge in [0.25, 0.3) is 11.8 Å². The molecule has 0 aromatic heterocycles. The monoisotopic (exact) mass is 523 g/mol. The summed E-state index contributed by atoms with van der Waals surface area (Å²) in [7, 11) is -3.72. The minimum atomic E-state index is -3.72. The van der Waals surface area contributed by atoms with Crippen molar-refractivity contribution in [3.63, 3.8) is 0 Å². The Hall–Kier alpha value is -3.72. The second-order valence-corrected chi connectivity index (χ2v) is 11.1. The van der Waals surface area contributed by atoms with Gasteiger partial charge in [-0.05, 0) is 55.3 Å². The number of hydrogen-bond donors (Lipinski definition) is 2. The smallest absolute Gasteiger partial charge is 0.255 e. The molecule has 0 spiro atoms. The van der Waals surface area contributed by atoms with Crippen molar-refractivity contribution in [2.24, 2.45) is 0 Å². The van der Waals surface area contributed by atoms with Gasteiger partial charge in [0.05, 0.1) is 29.7 Å². The van der Waals surface area contributed by atoms with Gasteiger partial charge in [0, 0.05) is 17.2 Å². The van der Waals surface area contributed by atoms with Crippen LogP contribution in [-0.2, 0) is 16.6 Å². The molecule has 3 aromatic carbocycles. The second kappa shape index (κ2) is 11.6. The lowest BCUT2D eigenvalue weighted by Gasteiger charge is -2.23. The Kier molecular flexibility index (Phi) is 8.23. The van der Waals surface area contributed by atoms with Gasteiger partial charge in [0.2, 0.25) is 10.0 Å². The Bertz CT molecular complexity index is 1370. The lowest BCUT2D eigenvalue weighted by atomic mass is 9.95. The van der Waals surface area contributed by atoms with E-state index in [1.807, 2.05) is 0 Å². The molecule has 0 aliphatic heterocycles. The minimum absolute atomic E-state index is 0.139. The van der Waals surface area contributed by atoms with Gasteiger partial charge < -0.3 is 10.6 Å². The van der Waals surface area contributed by atoms with Crippen LogP contribution in [0.3, 0.4) is 0 Å². The molecule has 0 unspecified atom stereocenters. The molecular formula is C28H30FN3O4S. The number of para-hydroxylation sites is 1. The summed E-state index contributed by atoms with van der Waals surface area (Å²) in [4.78, 5) is 25.9. The van der Waals surface area contributed by atoms with E-state index in [4.69, 9.17) is 0 Å². The van der Waals surface area contributed by atoms with Gasteiger partial charge in [0.15, 0.2) is 0 Å². The summed E-state index contributed by atoms with van der Waals surface area (Å²) in [6.07, 6.45) is 6.32. The highest BCUT2D eigenvalue weighted by molar-refractivity contribution is 7.92. The molecule has 0 atom stereocenters. The highest BCUT2D eigenvalue weighted by Crippen LogP contribution is 2.24. The zero-order valence-electron chi connectivity index (χ0n) is 20.6. The molecule has 1 aliphatic rings. The van der Waals surface area contributed by atoms with Crippen molar-refractivity contribution >= 4 is 33.2 Å². The third kappa shape index (κ3) is 6.74. The molecule has 0 radical (unpaired) electrons. The molecule has 2 amide bonds. The number of sulfonamides is 1. The maximum absolute atomic E-state index is 14.1. The molecule has 194 valence electrons. The maximum atomic E-state index is 14.1. The molecule has 0 heterocycles. The van der Waals surface area contributed by atoms with Crippen molar-refractivity contribution < 1.29 is 22.4 Å². The topological polar surface area (TPSA) is 95.6 Å². The van der Waals surface area contributed by atoms with E-state index >= 15 is 0 Å². The van der Waals surface area contributed by atoms with Crippen LogP contribution in [0, 0.1) is 5.82 Å². The largest absolute Gasteiger partial charge is 0.349 e. The van der Waals surface area contributed by atoms with Crippen molar-refractivity contribution in [1.82, 2.24) is 5.32 Å². The minimum Gasteiger partial charge on any atom is -0.349 e. The molecule has 3 aromatic rings. The van der Waals surface area contributed by atoms with Crippen LogP contribution < -0.4 is 14.9 Å². The molecule has 9 heteroatoms. The van der Waals surface area contributed by atoms with Crippen LogP contribution in [0.25, 0.3) is 0 Å². The Morgan fingerprint density at radius 2 is 1.54 bits per heavy atom. The number of benzene rings is 3. The number of halogens is 1. The molecule has 1 fully saturated rings. The first kappa shape index (κ1) is 26.3. The average Bonchev–Trinajstić information content (AvgIpc) is 2.88.